The van der Waals surface area contributed by atoms with Gasteiger partial charge < -0.3 is 5.32 Å². The van der Waals surface area contributed by atoms with Gasteiger partial charge in [0.2, 0.25) is 5.91 Å². The fraction of sp³-hybridized carbons (Fsp3) is 0.882. The molecule has 0 aliphatic rings. The molecule has 0 aliphatic heterocycles. The molecule has 0 rings (SSSR count). The minimum atomic E-state index is -0.298. The van der Waals surface area contributed by atoms with Crippen molar-refractivity contribution in [1.29, 1.82) is 0 Å². The molecule has 3 nitrogen and oxygen atoms in total. The van der Waals surface area contributed by atoms with Gasteiger partial charge in [0.05, 0.1) is 6.04 Å². The van der Waals surface area contributed by atoms with Gasteiger partial charge in [0.15, 0.2) is 5.78 Å². The van der Waals surface area contributed by atoms with Crippen LogP contribution in [0.4, 0.5) is 0 Å². The number of amides is 1. The standard InChI is InChI=1S/C13H25NO2.2C2H6/c1-6-7-8-12(11(5)15)14-13(16)10(4)9(2)3;2*1-2/h9-10,12H,6-8H2,1-5H3,(H,14,16);2*1-2H3. The van der Waals surface area contributed by atoms with Gasteiger partial charge in [-0.2, -0.15) is 0 Å². The summed E-state index contributed by atoms with van der Waals surface area (Å²) in [6, 6.07) is -0.298. The van der Waals surface area contributed by atoms with Crippen molar-refractivity contribution in [3.63, 3.8) is 0 Å². The highest BCUT2D eigenvalue weighted by atomic mass is 16.2. The van der Waals surface area contributed by atoms with Crippen molar-refractivity contribution in [2.45, 2.75) is 87.6 Å². The highest BCUT2D eigenvalue weighted by Gasteiger charge is 2.21. The van der Waals surface area contributed by atoms with E-state index in [0.717, 1.165) is 19.3 Å². The molecule has 0 fully saturated rings. The molecule has 0 aliphatic carbocycles. The van der Waals surface area contributed by atoms with E-state index in [1.54, 1.807) is 6.92 Å². The Morgan fingerprint density at radius 1 is 1.00 bits per heavy atom. The summed E-state index contributed by atoms with van der Waals surface area (Å²) < 4.78 is 0. The molecule has 0 saturated heterocycles. The van der Waals surface area contributed by atoms with E-state index < -0.39 is 0 Å². The van der Waals surface area contributed by atoms with Crippen LogP contribution in [0.15, 0.2) is 0 Å². The number of carbonyl (C=O) groups excluding carboxylic acids is 2. The molecule has 0 bridgehead atoms. The van der Waals surface area contributed by atoms with Gasteiger partial charge in [-0.1, -0.05) is 68.2 Å². The lowest BCUT2D eigenvalue weighted by Crippen LogP contribution is -2.43. The summed E-state index contributed by atoms with van der Waals surface area (Å²) >= 11 is 0. The highest BCUT2D eigenvalue weighted by Crippen LogP contribution is 2.11. The first-order valence-corrected chi connectivity index (χ1v) is 8.21. The van der Waals surface area contributed by atoms with Crippen LogP contribution in [-0.2, 0) is 9.59 Å². The van der Waals surface area contributed by atoms with Crippen molar-refractivity contribution in [3.8, 4) is 0 Å². The van der Waals surface area contributed by atoms with E-state index in [2.05, 4.69) is 12.2 Å². The molecule has 0 spiro atoms. The predicted octanol–water partition coefficient (Wildman–Crippen LogP) is 4.59. The fourth-order valence-electron chi connectivity index (χ4n) is 1.39. The van der Waals surface area contributed by atoms with E-state index in [1.807, 2.05) is 48.5 Å². The average Bonchev–Trinajstić information content (AvgIpc) is 2.46. The molecule has 0 saturated carbocycles. The summed E-state index contributed by atoms with van der Waals surface area (Å²) in [5.41, 5.74) is 0. The Morgan fingerprint density at radius 3 is 1.75 bits per heavy atom. The van der Waals surface area contributed by atoms with E-state index in [-0.39, 0.29) is 23.7 Å². The zero-order valence-corrected chi connectivity index (χ0v) is 15.2. The molecular formula is C17H37NO2. The lowest BCUT2D eigenvalue weighted by atomic mass is 9.96. The van der Waals surface area contributed by atoms with Gasteiger partial charge in [-0.25, -0.2) is 0 Å². The van der Waals surface area contributed by atoms with Crippen LogP contribution in [0.3, 0.4) is 0 Å². The number of Topliss-reactive ketones (excluding diaryl/α,β-unsaturated/α-hetero) is 1. The van der Waals surface area contributed by atoms with Gasteiger partial charge in [0.1, 0.15) is 0 Å². The molecule has 2 atom stereocenters. The van der Waals surface area contributed by atoms with Crippen molar-refractivity contribution in [3.05, 3.63) is 0 Å². The SMILES string of the molecule is CC.CC.CCCCC(NC(=O)C(C)C(C)C)C(C)=O. The van der Waals surface area contributed by atoms with E-state index in [1.165, 1.54) is 0 Å². The molecule has 0 radical (unpaired) electrons. The van der Waals surface area contributed by atoms with Crippen molar-refractivity contribution in [2.75, 3.05) is 0 Å². The van der Waals surface area contributed by atoms with Crippen LogP contribution >= 0.6 is 0 Å². The molecule has 0 heterocycles. The molecular weight excluding hydrogens is 250 g/mol. The van der Waals surface area contributed by atoms with Crippen LogP contribution in [0.1, 0.15) is 81.6 Å². The van der Waals surface area contributed by atoms with Gasteiger partial charge in [0, 0.05) is 5.92 Å². The zero-order valence-electron chi connectivity index (χ0n) is 15.2. The van der Waals surface area contributed by atoms with Crippen LogP contribution in [0.2, 0.25) is 0 Å². The van der Waals surface area contributed by atoms with Crippen LogP contribution in [0.5, 0.6) is 0 Å². The molecule has 1 amide bonds. The van der Waals surface area contributed by atoms with Crippen molar-refractivity contribution >= 4 is 11.7 Å². The molecule has 0 aromatic carbocycles. The largest absolute Gasteiger partial charge is 0.346 e. The summed E-state index contributed by atoms with van der Waals surface area (Å²) in [7, 11) is 0. The van der Waals surface area contributed by atoms with E-state index in [9.17, 15) is 9.59 Å². The number of hydrogen-bond donors (Lipinski definition) is 1. The smallest absolute Gasteiger partial charge is 0.223 e. The number of unbranched alkanes of at least 4 members (excludes halogenated alkanes) is 1. The average molecular weight is 287 g/mol. The van der Waals surface area contributed by atoms with Crippen LogP contribution in [0, 0.1) is 11.8 Å². The summed E-state index contributed by atoms with van der Waals surface area (Å²) in [5, 5.41) is 2.84. The van der Waals surface area contributed by atoms with Gasteiger partial charge in [0.25, 0.3) is 0 Å². The van der Waals surface area contributed by atoms with Crippen LogP contribution < -0.4 is 5.32 Å². The maximum absolute atomic E-state index is 11.8. The molecule has 3 heteroatoms. The van der Waals surface area contributed by atoms with E-state index in [0.29, 0.717) is 5.92 Å². The Balaban J connectivity index is -0.000000656. The lowest BCUT2D eigenvalue weighted by Gasteiger charge is -2.20. The second kappa shape index (κ2) is 16.2. The Kier molecular flexibility index (Phi) is 19.6. The number of rotatable bonds is 7. The summed E-state index contributed by atoms with van der Waals surface area (Å²) in [6.07, 6.45) is 2.77. The first kappa shape index (κ1) is 24.2. The molecule has 20 heavy (non-hydrogen) atoms. The van der Waals surface area contributed by atoms with Crippen molar-refractivity contribution < 1.29 is 9.59 Å². The molecule has 1 N–H and O–H groups in total. The minimum Gasteiger partial charge on any atom is -0.346 e. The Bertz CT molecular complexity index is 237. The van der Waals surface area contributed by atoms with Crippen LogP contribution in [0.25, 0.3) is 0 Å². The normalized spacial score (nSPS) is 12.3. The summed E-state index contributed by atoms with van der Waals surface area (Å²) in [4.78, 5) is 23.2. The second-order valence-electron chi connectivity index (χ2n) is 4.85. The molecule has 0 aromatic heterocycles. The number of hydrogen-bond acceptors (Lipinski definition) is 2. The Hall–Kier alpha value is -0.860. The number of carbonyl (C=O) groups is 2. The maximum Gasteiger partial charge on any atom is 0.223 e. The van der Waals surface area contributed by atoms with Crippen LogP contribution in [-0.4, -0.2) is 17.7 Å². The molecule has 0 aromatic rings. The predicted molar refractivity (Wildman–Crippen MR) is 88.8 cm³/mol. The van der Waals surface area contributed by atoms with E-state index >= 15 is 0 Å². The van der Waals surface area contributed by atoms with Gasteiger partial charge >= 0.3 is 0 Å². The Morgan fingerprint density at radius 2 is 1.45 bits per heavy atom. The van der Waals surface area contributed by atoms with Gasteiger partial charge in [-0.05, 0) is 19.3 Å². The number of ketones is 1. The number of nitrogens with one attached hydrogen (secondary N) is 1. The maximum atomic E-state index is 11.8. The quantitative estimate of drug-likeness (QED) is 0.744. The third kappa shape index (κ3) is 12.2. The highest BCUT2D eigenvalue weighted by molar-refractivity contribution is 5.88. The third-order valence-corrected chi connectivity index (χ3v) is 3.07. The van der Waals surface area contributed by atoms with Crippen molar-refractivity contribution in [2.24, 2.45) is 11.8 Å². The second-order valence-corrected chi connectivity index (χ2v) is 4.85. The first-order valence-electron chi connectivity index (χ1n) is 8.21. The Labute approximate surface area is 126 Å². The lowest BCUT2D eigenvalue weighted by molar-refractivity contribution is -0.130. The molecule has 2 unspecified atom stereocenters. The fourth-order valence-corrected chi connectivity index (χ4v) is 1.39. The van der Waals surface area contributed by atoms with Gasteiger partial charge in [-0.15, -0.1) is 0 Å². The van der Waals surface area contributed by atoms with Gasteiger partial charge in [-0.3, -0.25) is 9.59 Å². The molecule has 122 valence electrons. The van der Waals surface area contributed by atoms with E-state index in [4.69, 9.17) is 0 Å². The summed E-state index contributed by atoms with van der Waals surface area (Å²) in [6.45, 7) is 17.5. The monoisotopic (exact) mass is 287 g/mol. The topological polar surface area (TPSA) is 46.2 Å². The van der Waals surface area contributed by atoms with Crippen molar-refractivity contribution in [1.82, 2.24) is 5.32 Å². The third-order valence-electron chi connectivity index (χ3n) is 3.07. The summed E-state index contributed by atoms with van der Waals surface area (Å²) in [5.74, 6) is 0.311. The zero-order chi connectivity index (χ0) is 16.7. The minimum absolute atomic E-state index is 0.00805. The first-order chi connectivity index (χ1) is 9.40.